The number of rotatable bonds is 3. The molecule has 1 aromatic heterocycles. The Morgan fingerprint density at radius 1 is 1.25 bits per heavy atom. The van der Waals surface area contributed by atoms with Gasteiger partial charge in [0.1, 0.15) is 0 Å². The van der Waals surface area contributed by atoms with Crippen molar-refractivity contribution in [3.8, 4) is 11.5 Å². The van der Waals surface area contributed by atoms with Gasteiger partial charge in [-0.25, -0.2) is 0 Å². The van der Waals surface area contributed by atoms with Gasteiger partial charge in [-0.3, -0.25) is 0 Å². The number of nitrogens with two attached hydrogens (primary N) is 1. The molecule has 2 N–H and O–H groups in total. The number of benzene rings is 1. The summed E-state index contributed by atoms with van der Waals surface area (Å²) in [5, 5.41) is 4.11. The molecular weight excluding hydrogens is 274 g/mol. The summed E-state index contributed by atoms with van der Waals surface area (Å²) in [7, 11) is 0. The molecule has 3 rings (SSSR count). The van der Waals surface area contributed by atoms with Gasteiger partial charge in [-0.1, -0.05) is 43.1 Å². The van der Waals surface area contributed by atoms with Gasteiger partial charge in [0.2, 0.25) is 0 Å². The molecule has 1 aliphatic carbocycles. The molecule has 1 fully saturated rings. The fourth-order valence-corrected chi connectivity index (χ4v) is 2.80. The highest BCUT2D eigenvalue weighted by molar-refractivity contribution is 5.85. The summed E-state index contributed by atoms with van der Waals surface area (Å²) in [5.41, 5.74) is 8.21. The maximum atomic E-state index is 6.36. The van der Waals surface area contributed by atoms with Crippen LogP contribution in [0.5, 0.6) is 0 Å². The quantitative estimate of drug-likeness (QED) is 0.941. The molecule has 1 saturated carbocycles. The Kier molecular flexibility index (Phi) is 4.45. The minimum Gasteiger partial charge on any atom is -0.334 e. The third-order valence-electron chi connectivity index (χ3n) is 4.00. The van der Waals surface area contributed by atoms with E-state index in [1.54, 1.807) is 0 Å². The van der Waals surface area contributed by atoms with E-state index in [9.17, 15) is 0 Å². The van der Waals surface area contributed by atoms with E-state index in [0.29, 0.717) is 11.7 Å². The van der Waals surface area contributed by atoms with Crippen LogP contribution in [0, 0.1) is 0 Å². The summed E-state index contributed by atoms with van der Waals surface area (Å²) in [5.74, 6) is 1.25. The van der Waals surface area contributed by atoms with Gasteiger partial charge in [0.15, 0.2) is 5.82 Å². The van der Waals surface area contributed by atoms with Crippen molar-refractivity contribution >= 4 is 12.4 Å². The first kappa shape index (κ1) is 15.0. The van der Waals surface area contributed by atoms with Gasteiger partial charge < -0.3 is 10.3 Å². The molecule has 5 heteroatoms. The van der Waals surface area contributed by atoms with E-state index in [1.807, 2.05) is 18.2 Å². The molecule has 0 saturated heterocycles. The van der Waals surface area contributed by atoms with Crippen LogP contribution in [0.3, 0.4) is 0 Å². The second-order valence-corrected chi connectivity index (χ2v) is 5.30. The zero-order chi connectivity index (χ0) is 13.3. The average Bonchev–Trinajstić information content (AvgIpc) is 3.08. The summed E-state index contributed by atoms with van der Waals surface area (Å²) >= 11 is 0. The Hall–Kier alpha value is -1.39. The minimum absolute atomic E-state index is 0. The molecule has 0 radical (unpaired) electrons. The summed E-state index contributed by atoms with van der Waals surface area (Å²) in [6.07, 6.45) is 5.13. The van der Waals surface area contributed by atoms with Gasteiger partial charge in [0, 0.05) is 5.56 Å². The fraction of sp³-hybridized carbons (Fsp3) is 0.467. The Morgan fingerprint density at radius 3 is 2.65 bits per heavy atom. The van der Waals surface area contributed by atoms with E-state index in [4.69, 9.17) is 10.3 Å². The van der Waals surface area contributed by atoms with Crippen molar-refractivity contribution < 1.29 is 4.52 Å². The van der Waals surface area contributed by atoms with Crippen LogP contribution < -0.4 is 5.73 Å². The summed E-state index contributed by atoms with van der Waals surface area (Å²) < 4.78 is 5.43. The first-order chi connectivity index (χ1) is 9.23. The van der Waals surface area contributed by atoms with Crippen LogP contribution in [0.25, 0.3) is 11.5 Å². The second-order valence-electron chi connectivity index (χ2n) is 5.30. The Bertz CT molecular complexity index is 576. The Morgan fingerprint density at radius 2 is 1.95 bits per heavy atom. The summed E-state index contributed by atoms with van der Waals surface area (Å²) in [6, 6.07) is 8.13. The lowest BCUT2D eigenvalue weighted by molar-refractivity contribution is 0.372. The zero-order valence-electron chi connectivity index (χ0n) is 11.6. The lowest BCUT2D eigenvalue weighted by Crippen LogP contribution is -2.34. The molecule has 0 spiro atoms. The monoisotopic (exact) mass is 293 g/mol. The van der Waals surface area contributed by atoms with Crippen LogP contribution in [-0.4, -0.2) is 10.1 Å². The van der Waals surface area contributed by atoms with E-state index < -0.39 is 0 Å². The van der Waals surface area contributed by atoms with Gasteiger partial charge >= 0.3 is 0 Å². The molecular formula is C15H20ClN3O. The molecule has 1 aromatic carbocycles. The van der Waals surface area contributed by atoms with E-state index in [2.05, 4.69) is 23.1 Å². The van der Waals surface area contributed by atoms with Gasteiger partial charge in [-0.05, 0) is 30.9 Å². The van der Waals surface area contributed by atoms with E-state index in [1.165, 1.54) is 5.56 Å². The normalized spacial score (nSPS) is 16.9. The molecule has 0 amide bonds. The topological polar surface area (TPSA) is 64.9 Å². The maximum Gasteiger partial charge on any atom is 0.258 e. The summed E-state index contributed by atoms with van der Waals surface area (Å²) in [4.78, 5) is 4.54. The van der Waals surface area contributed by atoms with Crippen LogP contribution in [-0.2, 0) is 12.0 Å². The predicted molar refractivity (Wildman–Crippen MR) is 80.7 cm³/mol. The minimum atomic E-state index is -0.386. The van der Waals surface area contributed by atoms with Gasteiger partial charge in [-0.15, -0.1) is 12.4 Å². The molecule has 20 heavy (non-hydrogen) atoms. The summed E-state index contributed by atoms with van der Waals surface area (Å²) in [6.45, 7) is 2.12. The lowest BCUT2D eigenvalue weighted by atomic mass is 9.98. The van der Waals surface area contributed by atoms with E-state index >= 15 is 0 Å². The van der Waals surface area contributed by atoms with Gasteiger partial charge in [0.05, 0.1) is 5.54 Å². The number of aromatic nitrogens is 2. The molecule has 1 aliphatic rings. The molecule has 0 atom stereocenters. The third kappa shape index (κ3) is 2.58. The van der Waals surface area contributed by atoms with Crippen molar-refractivity contribution in [2.24, 2.45) is 5.73 Å². The predicted octanol–water partition coefficient (Wildman–Crippen LogP) is 3.45. The van der Waals surface area contributed by atoms with Crippen molar-refractivity contribution in [2.75, 3.05) is 0 Å². The van der Waals surface area contributed by atoms with Crippen LogP contribution in [0.15, 0.2) is 28.8 Å². The highest BCUT2D eigenvalue weighted by Gasteiger charge is 2.36. The van der Waals surface area contributed by atoms with Crippen molar-refractivity contribution in [1.82, 2.24) is 10.1 Å². The molecule has 2 aromatic rings. The first-order valence-corrected chi connectivity index (χ1v) is 6.94. The third-order valence-corrected chi connectivity index (χ3v) is 4.00. The zero-order valence-corrected chi connectivity index (χ0v) is 12.4. The first-order valence-electron chi connectivity index (χ1n) is 6.94. The van der Waals surface area contributed by atoms with Crippen molar-refractivity contribution in [1.29, 1.82) is 0 Å². The molecule has 108 valence electrons. The van der Waals surface area contributed by atoms with Crippen LogP contribution in [0.2, 0.25) is 0 Å². The SMILES string of the molecule is CCc1ccccc1-c1nc(C2(N)CCCC2)no1.Cl. The van der Waals surface area contributed by atoms with Crippen molar-refractivity contribution in [3.05, 3.63) is 35.7 Å². The Balaban J connectivity index is 0.00000147. The number of halogens is 1. The number of hydrogen-bond donors (Lipinski definition) is 1. The maximum absolute atomic E-state index is 6.36. The van der Waals surface area contributed by atoms with Gasteiger partial charge in [0.25, 0.3) is 5.89 Å². The van der Waals surface area contributed by atoms with Crippen LogP contribution in [0.1, 0.15) is 44.0 Å². The average molecular weight is 294 g/mol. The highest BCUT2D eigenvalue weighted by Crippen LogP contribution is 2.35. The van der Waals surface area contributed by atoms with Crippen LogP contribution in [0.4, 0.5) is 0 Å². The smallest absolute Gasteiger partial charge is 0.258 e. The van der Waals surface area contributed by atoms with Crippen molar-refractivity contribution in [3.63, 3.8) is 0 Å². The Labute approximate surface area is 125 Å². The van der Waals surface area contributed by atoms with Gasteiger partial charge in [-0.2, -0.15) is 4.98 Å². The molecule has 4 nitrogen and oxygen atoms in total. The van der Waals surface area contributed by atoms with E-state index in [0.717, 1.165) is 37.7 Å². The fourth-order valence-electron chi connectivity index (χ4n) is 2.80. The van der Waals surface area contributed by atoms with E-state index in [-0.39, 0.29) is 17.9 Å². The highest BCUT2D eigenvalue weighted by atomic mass is 35.5. The number of nitrogens with zero attached hydrogens (tertiary/aromatic N) is 2. The molecule has 0 bridgehead atoms. The number of hydrogen-bond acceptors (Lipinski definition) is 4. The molecule has 0 unspecified atom stereocenters. The second kappa shape index (κ2) is 5.94. The van der Waals surface area contributed by atoms with Crippen molar-refractivity contribution in [2.45, 2.75) is 44.6 Å². The molecule has 0 aliphatic heterocycles. The van der Waals surface area contributed by atoms with Crippen LogP contribution >= 0.6 is 12.4 Å². The number of aryl methyl sites for hydroxylation is 1. The largest absolute Gasteiger partial charge is 0.334 e. The lowest BCUT2D eigenvalue weighted by Gasteiger charge is -2.17. The molecule has 1 heterocycles. The standard InChI is InChI=1S/C15H19N3O.ClH/c1-2-11-7-3-4-8-12(11)13-17-14(18-19-13)15(16)9-5-6-10-15;/h3-4,7-8H,2,5-6,9-10,16H2,1H3;1H.